The fourth-order valence-electron chi connectivity index (χ4n) is 5.59. The van der Waals surface area contributed by atoms with Crippen molar-refractivity contribution in [2.75, 3.05) is 14.1 Å². The van der Waals surface area contributed by atoms with Crippen molar-refractivity contribution in [2.24, 2.45) is 23.7 Å². The number of Topliss-reactive ketones (excluding diaryl/α,β-unsaturated/α-hetero) is 1. The van der Waals surface area contributed by atoms with Crippen molar-refractivity contribution in [3.8, 4) is 0 Å². The predicted molar refractivity (Wildman–Crippen MR) is 138 cm³/mol. The number of cyclic esters (lactones) is 1. The number of carbonyl (C=O) groups is 2. The number of aliphatic hydroxyl groups excluding tert-OH is 2. The summed E-state index contributed by atoms with van der Waals surface area (Å²) < 4.78 is 18.0. The molecule has 0 aromatic heterocycles. The van der Waals surface area contributed by atoms with Gasteiger partial charge in [-0.2, -0.15) is 0 Å². The number of rotatable bonds is 4. The molecule has 1 saturated heterocycles. The maximum atomic E-state index is 13.2. The number of carbonyl (C=O) groups excluding carboxylic acids is 2. The van der Waals surface area contributed by atoms with Crippen LogP contribution < -0.4 is 0 Å². The van der Waals surface area contributed by atoms with Gasteiger partial charge in [0.2, 0.25) is 0 Å². The molecule has 0 saturated carbocycles. The fourth-order valence-corrected chi connectivity index (χ4v) is 5.59. The van der Waals surface area contributed by atoms with Crippen LogP contribution in [0, 0.1) is 30.1 Å². The molecular weight excluding hydrogens is 462 g/mol. The molecule has 0 bridgehead atoms. The van der Waals surface area contributed by atoms with E-state index >= 15 is 0 Å². The standard InChI is InChI=1S/C28H48NO7/c1-10-23-15(2)11-16(3)25(32)17(4)12-18(5)27(20(7)22(30)14-24(31)35-23)36-28-26(33)21(29(8)9)13-19(6)34-28/h11,14-15,17-23,26-28,30,33H,10,12-13H2,1-9H3/b16-11+/t15-,17-,18+,19?,20+,21?,22-,23-,26?,27+,28?/m1/s1. The van der Waals surface area contributed by atoms with E-state index in [1.165, 1.54) is 6.42 Å². The summed E-state index contributed by atoms with van der Waals surface area (Å²) in [5.41, 5.74) is 0.650. The van der Waals surface area contributed by atoms with Crippen LogP contribution in [0.2, 0.25) is 0 Å². The van der Waals surface area contributed by atoms with Crippen LogP contribution in [-0.2, 0) is 23.8 Å². The van der Waals surface area contributed by atoms with E-state index in [2.05, 4.69) is 0 Å². The number of nitrogens with zero attached hydrogens (tertiary/aromatic N) is 1. The lowest BCUT2D eigenvalue weighted by molar-refractivity contribution is -0.281. The maximum absolute atomic E-state index is 13.2. The molecule has 8 heteroatoms. The van der Waals surface area contributed by atoms with Crippen LogP contribution in [0.15, 0.2) is 11.6 Å². The van der Waals surface area contributed by atoms with E-state index in [0.717, 1.165) is 0 Å². The Morgan fingerprint density at radius 3 is 2.31 bits per heavy atom. The van der Waals surface area contributed by atoms with Crippen LogP contribution in [0.25, 0.3) is 0 Å². The van der Waals surface area contributed by atoms with E-state index in [-0.39, 0.29) is 35.7 Å². The Bertz CT molecular complexity index is 769. The molecule has 2 N–H and O–H groups in total. The van der Waals surface area contributed by atoms with Crippen LogP contribution in [0.4, 0.5) is 0 Å². The summed E-state index contributed by atoms with van der Waals surface area (Å²) in [7, 11) is 3.82. The zero-order chi connectivity index (χ0) is 27.3. The Balaban J connectivity index is 2.37. The molecule has 0 amide bonds. The minimum Gasteiger partial charge on any atom is -0.461 e. The Kier molecular flexibility index (Phi) is 11.6. The van der Waals surface area contributed by atoms with Crippen LogP contribution >= 0.6 is 0 Å². The van der Waals surface area contributed by atoms with Crippen LogP contribution in [0.5, 0.6) is 0 Å². The van der Waals surface area contributed by atoms with Crippen molar-refractivity contribution in [1.82, 2.24) is 4.90 Å². The SMILES string of the molecule is CC[C@H]1OC(=O)[CH][C@@H](O)[C@H](C)[C@@H](OC2OC(C)CC(N(C)C)C2O)[C@@H](C)C[C@@H](C)C(=O)/C(C)=C/[C@H]1C. The minimum absolute atomic E-state index is 0.0423. The zero-order valence-corrected chi connectivity index (χ0v) is 23.5. The molecule has 0 aromatic carbocycles. The minimum atomic E-state index is -1.13. The van der Waals surface area contributed by atoms with Gasteiger partial charge in [-0.05, 0) is 58.7 Å². The lowest BCUT2D eigenvalue weighted by Gasteiger charge is -2.44. The second-order valence-corrected chi connectivity index (χ2v) is 11.3. The molecule has 0 aromatic rings. The molecule has 2 aliphatic heterocycles. The third-order valence-corrected chi connectivity index (χ3v) is 7.82. The van der Waals surface area contributed by atoms with Gasteiger partial charge < -0.3 is 29.3 Å². The molecular formula is C28H48NO7. The van der Waals surface area contributed by atoms with Crippen molar-refractivity contribution in [3.05, 3.63) is 18.1 Å². The number of esters is 1. The van der Waals surface area contributed by atoms with Crippen LogP contribution in [0.3, 0.4) is 0 Å². The van der Waals surface area contributed by atoms with Crippen molar-refractivity contribution >= 4 is 11.8 Å². The van der Waals surface area contributed by atoms with Crippen molar-refractivity contribution in [3.63, 3.8) is 0 Å². The highest BCUT2D eigenvalue weighted by Crippen LogP contribution is 2.33. The quantitative estimate of drug-likeness (QED) is 0.556. The average molecular weight is 511 g/mol. The third-order valence-electron chi connectivity index (χ3n) is 7.82. The Labute approximate surface area is 217 Å². The second kappa shape index (κ2) is 13.5. The number of aliphatic hydroxyl groups is 2. The van der Waals surface area contributed by atoms with E-state index in [0.29, 0.717) is 24.8 Å². The summed E-state index contributed by atoms with van der Waals surface area (Å²) in [5, 5.41) is 22.0. The maximum Gasteiger partial charge on any atom is 0.312 e. The van der Waals surface area contributed by atoms with Crippen LogP contribution in [-0.4, -0.2) is 83.8 Å². The first-order chi connectivity index (χ1) is 16.8. The number of ether oxygens (including phenoxy) is 3. The van der Waals surface area contributed by atoms with E-state index in [9.17, 15) is 19.8 Å². The monoisotopic (exact) mass is 510 g/mol. The molecule has 2 heterocycles. The first-order valence-corrected chi connectivity index (χ1v) is 13.4. The lowest BCUT2D eigenvalue weighted by Crippen LogP contribution is -2.56. The van der Waals surface area contributed by atoms with Gasteiger partial charge >= 0.3 is 5.97 Å². The first-order valence-electron chi connectivity index (χ1n) is 13.4. The highest BCUT2D eigenvalue weighted by Gasteiger charge is 2.42. The van der Waals surface area contributed by atoms with Gasteiger partial charge in [-0.3, -0.25) is 9.59 Å². The summed E-state index contributed by atoms with van der Waals surface area (Å²) in [6.45, 7) is 13.3. The third kappa shape index (κ3) is 7.84. The molecule has 36 heavy (non-hydrogen) atoms. The van der Waals surface area contributed by atoms with Gasteiger partial charge in [-0.1, -0.05) is 40.7 Å². The van der Waals surface area contributed by atoms with Crippen molar-refractivity contribution in [2.45, 2.75) is 111 Å². The Hall–Kier alpha value is -1.32. The lowest BCUT2D eigenvalue weighted by atomic mass is 9.81. The number of likely N-dealkylation sites (N-methyl/N-ethyl adjacent to an activating group) is 1. The second-order valence-electron chi connectivity index (χ2n) is 11.3. The molecule has 0 aliphatic carbocycles. The van der Waals surface area contributed by atoms with Gasteiger partial charge in [0.15, 0.2) is 12.1 Å². The van der Waals surface area contributed by atoms with Crippen LogP contribution in [0.1, 0.15) is 67.7 Å². The molecule has 1 radical (unpaired) electrons. The van der Waals surface area contributed by atoms with Gasteiger partial charge in [-0.15, -0.1) is 0 Å². The molecule has 11 atom stereocenters. The summed E-state index contributed by atoms with van der Waals surface area (Å²) in [4.78, 5) is 27.8. The van der Waals surface area contributed by atoms with E-state index in [1.54, 1.807) is 6.92 Å². The smallest absolute Gasteiger partial charge is 0.312 e. The van der Waals surface area contributed by atoms with E-state index in [1.807, 2.05) is 66.6 Å². The topological polar surface area (TPSA) is 106 Å². The normalized spacial score (nSPS) is 43.4. The summed E-state index contributed by atoms with van der Waals surface area (Å²) in [6.07, 6.45) is 0.829. The van der Waals surface area contributed by atoms with Crippen molar-refractivity contribution in [1.29, 1.82) is 0 Å². The Morgan fingerprint density at radius 1 is 1.08 bits per heavy atom. The number of ketones is 1. The zero-order valence-electron chi connectivity index (χ0n) is 23.5. The van der Waals surface area contributed by atoms with Gasteiger partial charge in [0.1, 0.15) is 12.2 Å². The Morgan fingerprint density at radius 2 is 1.72 bits per heavy atom. The highest BCUT2D eigenvalue weighted by atomic mass is 16.7. The molecule has 0 spiro atoms. The summed E-state index contributed by atoms with van der Waals surface area (Å²) >= 11 is 0. The van der Waals surface area contributed by atoms with E-state index in [4.69, 9.17) is 14.2 Å². The molecule has 2 aliphatic rings. The fraction of sp³-hybridized carbons (Fsp3) is 0.821. The highest BCUT2D eigenvalue weighted by molar-refractivity contribution is 5.96. The molecule has 2 rings (SSSR count). The first kappa shape index (κ1) is 30.9. The van der Waals surface area contributed by atoms with Gasteiger partial charge in [-0.25, -0.2) is 0 Å². The largest absolute Gasteiger partial charge is 0.461 e. The molecule has 1 fully saturated rings. The van der Waals surface area contributed by atoms with Gasteiger partial charge in [0, 0.05) is 23.8 Å². The molecule has 8 nitrogen and oxygen atoms in total. The average Bonchev–Trinajstić information content (AvgIpc) is 2.80. The van der Waals surface area contributed by atoms with E-state index < -0.39 is 42.6 Å². The predicted octanol–water partition coefficient (Wildman–Crippen LogP) is 3.15. The molecule has 207 valence electrons. The van der Waals surface area contributed by atoms with Crippen molar-refractivity contribution < 1.29 is 34.0 Å². The van der Waals surface area contributed by atoms with Gasteiger partial charge in [0.05, 0.1) is 24.7 Å². The number of hydrogen-bond acceptors (Lipinski definition) is 8. The number of allylic oxidation sites excluding steroid dienone is 1. The summed E-state index contributed by atoms with van der Waals surface area (Å²) in [6, 6.07) is -0.143. The molecule has 4 unspecified atom stereocenters. The van der Waals surface area contributed by atoms with Gasteiger partial charge in [0.25, 0.3) is 0 Å². The summed E-state index contributed by atoms with van der Waals surface area (Å²) in [5.74, 6) is -1.64. The number of hydrogen-bond donors (Lipinski definition) is 2.